The average Bonchev–Trinajstić information content (AvgIpc) is 2.41. The van der Waals surface area contributed by atoms with Crippen molar-refractivity contribution in [2.45, 2.75) is 18.9 Å². The van der Waals surface area contributed by atoms with Gasteiger partial charge < -0.3 is 4.74 Å². The minimum absolute atomic E-state index is 0.0180. The van der Waals surface area contributed by atoms with E-state index in [-0.39, 0.29) is 11.6 Å². The summed E-state index contributed by atoms with van der Waals surface area (Å²) >= 11 is 6.30. The molecule has 2 aromatic carbocycles. The normalized spacial score (nSPS) is 12.5. The minimum atomic E-state index is -2.92. The van der Waals surface area contributed by atoms with E-state index in [1.165, 1.54) is 18.2 Å². The monoisotopic (exact) mass is 300 g/mol. The number of hydrogen-bond acceptors (Lipinski definition) is 1. The highest BCUT2D eigenvalue weighted by molar-refractivity contribution is 6.22. The topological polar surface area (TPSA) is 9.23 Å². The summed E-state index contributed by atoms with van der Waals surface area (Å²) in [4.78, 5) is 0. The van der Waals surface area contributed by atoms with E-state index in [1.807, 2.05) is 0 Å². The Hall–Kier alpha value is -1.68. The summed E-state index contributed by atoms with van der Waals surface area (Å²) in [6, 6.07) is 10.7. The molecule has 0 radical (unpaired) electrons. The number of aryl methyl sites for hydroxylation is 1. The zero-order valence-electron chi connectivity index (χ0n) is 10.6. The molecule has 106 valence electrons. The summed E-state index contributed by atoms with van der Waals surface area (Å²) in [7, 11) is 0. The molecule has 0 heterocycles. The van der Waals surface area contributed by atoms with Crippen LogP contribution in [0.2, 0.25) is 0 Å². The van der Waals surface area contributed by atoms with Gasteiger partial charge in [0, 0.05) is 5.56 Å². The van der Waals surface area contributed by atoms with Crippen molar-refractivity contribution >= 4 is 11.6 Å². The summed E-state index contributed by atoms with van der Waals surface area (Å²) in [5, 5.41) is -0.691. The van der Waals surface area contributed by atoms with Crippen molar-refractivity contribution < 1.29 is 17.9 Å². The number of halogens is 4. The maximum Gasteiger partial charge on any atom is 0.387 e. The largest absolute Gasteiger partial charge is 0.434 e. The van der Waals surface area contributed by atoms with Gasteiger partial charge in [-0.05, 0) is 30.2 Å². The van der Waals surface area contributed by atoms with Crippen molar-refractivity contribution in [2.75, 3.05) is 0 Å². The van der Waals surface area contributed by atoms with Gasteiger partial charge in [-0.2, -0.15) is 8.78 Å². The summed E-state index contributed by atoms with van der Waals surface area (Å²) in [6.07, 6.45) is 0. The molecule has 0 aliphatic rings. The molecule has 5 heteroatoms. The highest BCUT2D eigenvalue weighted by atomic mass is 35.5. The van der Waals surface area contributed by atoms with Gasteiger partial charge in [-0.3, -0.25) is 0 Å². The van der Waals surface area contributed by atoms with Crippen LogP contribution in [0.4, 0.5) is 13.2 Å². The molecule has 0 N–H and O–H groups in total. The Morgan fingerprint density at radius 1 is 1.10 bits per heavy atom. The van der Waals surface area contributed by atoms with Crippen LogP contribution in [0, 0.1) is 12.7 Å². The third kappa shape index (κ3) is 3.25. The maximum atomic E-state index is 13.2. The first-order valence-electron chi connectivity index (χ1n) is 5.93. The second-order valence-electron chi connectivity index (χ2n) is 4.29. The lowest BCUT2D eigenvalue weighted by Gasteiger charge is -2.16. The molecule has 0 saturated carbocycles. The third-order valence-electron chi connectivity index (χ3n) is 2.88. The zero-order valence-corrected chi connectivity index (χ0v) is 11.4. The Labute approximate surface area is 119 Å². The van der Waals surface area contributed by atoms with Gasteiger partial charge in [0.1, 0.15) is 11.6 Å². The number of ether oxygens (including phenoxy) is 1. The fourth-order valence-corrected chi connectivity index (χ4v) is 2.21. The highest BCUT2D eigenvalue weighted by Gasteiger charge is 2.18. The standard InChI is InChI=1S/C15H12ClF3O/c1-9-8-10(6-7-12(9)17)14(16)11-4-2-3-5-13(11)20-15(18)19/h2-8,14-15H,1H3. The van der Waals surface area contributed by atoms with Crippen LogP contribution in [-0.4, -0.2) is 6.61 Å². The van der Waals surface area contributed by atoms with E-state index in [4.69, 9.17) is 11.6 Å². The van der Waals surface area contributed by atoms with E-state index in [9.17, 15) is 13.2 Å². The van der Waals surface area contributed by atoms with Crippen LogP contribution in [0.1, 0.15) is 22.1 Å². The molecule has 1 unspecified atom stereocenters. The number of para-hydroxylation sites is 1. The second-order valence-corrected chi connectivity index (χ2v) is 4.72. The smallest absolute Gasteiger partial charge is 0.387 e. The van der Waals surface area contributed by atoms with Crippen LogP contribution < -0.4 is 4.74 Å². The van der Waals surface area contributed by atoms with Crippen molar-refractivity contribution in [2.24, 2.45) is 0 Å². The lowest BCUT2D eigenvalue weighted by atomic mass is 10.0. The Kier molecular flexibility index (Phi) is 4.55. The van der Waals surface area contributed by atoms with Gasteiger partial charge in [-0.1, -0.05) is 30.3 Å². The van der Waals surface area contributed by atoms with Gasteiger partial charge in [-0.15, -0.1) is 11.6 Å². The second kappa shape index (κ2) is 6.18. The highest BCUT2D eigenvalue weighted by Crippen LogP contribution is 2.36. The Balaban J connectivity index is 2.37. The Bertz CT molecular complexity index is 601. The maximum absolute atomic E-state index is 13.2. The number of alkyl halides is 3. The molecular weight excluding hydrogens is 289 g/mol. The summed E-state index contributed by atoms with van der Waals surface area (Å²) in [6.45, 7) is -1.31. The SMILES string of the molecule is Cc1cc(C(Cl)c2ccccc2OC(F)F)ccc1F. The molecule has 0 fully saturated rings. The first-order chi connectivity index (χ1) is 9.49. The quantitative estimate of drug-likeness (QED) is 0.717. The molecule has 0 spiro atoms. The first-order valence-corrected chi connectivity index (χ1v) is 6.36. The van der Waals surface area contributed by atoms with Gasteiger partial charge in [0.05, 0.1) is 5.38 Å². The molecule has 0 saturated heterocycles. The average molecular weight is 301 g/mol. The van der Waals surface area contributed by atoms with E-state index in [0.717, 1.165) is 0 Å². The van der Waals surface area contributed by atoms with E-state index in [2.05, 4.69) is 4.74 Å². The van der Waals surface area contributed by atoms with Crippen molar-refractivity contribution in [1.29, 1.82) is 0 Å². The van der Waals surface area contributed by atoms with Gasteiger partial charge >= 0.3 is 6.61 Å². The number of benzene rings is 2. The molecule has 0 aliphatic heterocycles. The number of rotatable bonds is 4. The summed E-state index contributed by atoms with van der Waals surface area (Å²) < 4.78 is 42.4. The molecule has 0 aromatic heterocycles. The predicted octanol–water partition coefficient (Wildman–Crippen LogP) is 5.06. The molecule has 20 heavy (non-hydrogen) atoms. The fraction of sp³-hybridized carbons (Fsp3) is 0.200. The van der Waals surface area contributed by atoms with Crippen molar-refractivity contribution in [3.63, 3.8) is 0 Å². The number of hydrogen-bond donors (Lipinski definition) is 0. The van der Waals surface area contributed by atoms with Crippen molar-refractivity contribution in [3.05, 3.63) is 65.0 Å². The Morgan fingerprint density at radius 3 is 2.45 bits per heavy atom. The summed E-state index contributed by atoms with van der Waals surface area (Å²) in [5.41, 5.74) is 1.48. The molecule has 1 atom stereocenters. The van der Waals surface area contributed by atoms with Crippen molar-refractivity contribution in [3.8, 4) is 5.75 Å². The van der Waals surface area contributed by atoms with E-state index >= 15 is 0 Å². The fourth-order valence-electron chi connectivity index (χ4n) is 1.90. The first kappa shape index (κ1) is 14.7. The molecule has 0 aliphatic carbocycles. The molecular formula is C15H12ClF3O. The third-order valence-corrected chi connectivity index (χ3v) is 3.37. The van der Waals surface area contributed by atoms with Crippen LogP contribution >= 0.6 is 11.6 Å². The zero-order chi connectivity index (χ0) is 14.7. The van der Waals surface area contributed by atoms with Crippen LogP contribution in [0.5, 0.6) is 5.75 Å². The van der Waals surface area contributed by atoms with E-state index in [1.54, 1.807) is 31.2 Å². The molecule has 1 nitrogen and oxygen atoms in total. The van der Waals surface area contributed by atoms with E-state index < -0.39 is 12.0 Å². The van der Waals surface area contributed by atoms with Crippen LogP contribution in [0.15, 0.2) is 42.5 Å². The minimum Gasteiger partial charge on any atom is -0.434 e. The Morgan fingerprint density at radius 2 is 1.80 bits per heavy atom. The predicted molar refractivity (Wildman–Crippen MR) is 71.9 cm³/mol. The molecule has 0 bridgehead atoms. The van der Waals surface area contributed by atoms with Gasteiger partial charge in [0.15, 0.2) is 0 Å². The van der Waals surface area contributed by atoms with Gasteiger partial charge in [0.2, 0.25) is 0 Å². The van der Waals surface area contributed by atoms with E-state index in [0.29, 0.717) is 16.7 Å². The molecule has 2 aromatic rings. The lowest BCUT2D eigenvalue weighted by Crippen LogP contribution is -2.06. The van der Waals surface area contributed by atoms with Crippen LogP contribution in [0.25, 0.3) is 0 Å². The molecule has 2 rings (SSSR count). The van der Waals surface area contributed by atoms with Gasteiger partial charge in [-0.25, -0.2) is 4.39 Å². The van der Waals surface area contributed by atoms with Crippen LogP contribution in [0.3, 0.4) is 0 Å². The summed E-state index contributed by atoms with van der Waals surface area (Å²) in [5.74, 6) is -0.320. The van der Waals surface area contributed by atoms with Crippen molar-refractivity contribution in [1.82, 2.24) is 0 Å². The van der Waals surface area contributed by atoms with Crippen LogP contribution in [-0.2, 0) is 0 Å². The molecule has 0 amide bonds. The van der Waals surface area contributed by atoms with Gasteiger partial charge in [0.25, 0.3) is 0 Å². The lowest BCUT2D eigenvalue weighted by molar-refractivity contribution is -0.0504.